The van der Waals surface area contributed by atoms with Crippen LogP contribution in [0.4, 0.5) is 0 Å². The lowest BCUT2D eigenvalue weighted by Gasteiger charge is -2.09. The van der Waals surface area contributed by atoms with E-state index in [2.05, 4.69) is 6.92 Å². The molecular formula is C11H20O3. The predicted octanol–water partition coefficient (Wildman–Crippen LogP) is 2.05. The molecule has 82 valence electrons. The monoisotopic (exact) mass is 200 g/mol. The summed E-state index contributed by atoms with van der Waals surface area (Å²) in [6.07, 6.45) is 2.28. The third-order valence-corrected chi connectivity index (χ3v) is 2.02. The van der Waals surface area contributed by atoms with Gasteiger partial charge in [0.1, 0.15) is 0 Å². The molecule has 0 fully saturated rings. The first kappa shape index (κ1) is 13.2. The maximum atomic E-state index is 11.5. The Hall–Kier alpha value is -0.830. The van der Waals surface area contributed by atoms with Gasteiger partial charge in [0.2, 0.25) is 0 Å². The summed E-state index contributed by atoms with van der Waals surface area (Å²) >= 11 is 0. The summed E-state index contributed by atoms with van der Waals surface area (Å²) in [5.74, 6) is -0.285. The molecule has 0 aliphatic rings. The first-order valence-electron chi connectivity index (χ1n) is 5.13. The smallest absolute Gasteiger partial charge is 0.334 e. The summed E-state index contributed by atoms with van der Waals surface area (Å²) in [5.41, 5.74) is 1.66. The van der Waals surface area contributed by atoms with Gasteiger partial charge in [0.05, 0.1) is 6.61 Å². The summed E-state index contributed by atoms with van der Waals surface area (Å²) in [6, 6.07) is 0. The van der Waals surface area contributed by atoms with Crippen LogP contribution in [0.15, 0.2) is 11.1 Å². The van der Waals surface area contributed by atoms with Crippen molar-refractivity contribution in [2.24, 2.45) is 0 Å². The van der Waals surface area contributed by atoms with E-state index in [9.17, 15) is 4.79 Å². The Morgan fingerprint density at radius 1 is 1.29 bits per heavy atom. The van der Waals surface area contributed by atoms with Gasteiger partial charge in [-0.05, 0) is 20.3 Å². The minimum atomic E-state index is -0.285. The van der Waals surface area contributed by atoms with Crippen LogP contribution in [0, 0.1) is 0 Å². The van der Waals surface area contributed by atoms with Gasteiger partial charge in [-0.15, -0.1) is 0 Å². The number of hydrogen-bond acceptors (Lipinski definition) is 3. The predicted molar refractivity (Wildman–Crippen MR) is 55.9 cm³/mol. The summed E-state index contributed by atoms with van der Waals surface area (Å²) in [6.45, 7) is 6.14. The zero-order chi connectivity index (χ0) is 11.0. The summed E-state index contributed by atoms with van der Waals surface area (Å²) in [5, 5.41) is 8.83. The Balaban J connectivity index is 4.55. The van der Waals surface area contributed by atoms with E-state index in [1.807, 2.05) is 6.92 Å². The van der Waals surface area contributed by atoms with Crippen molar-refractivity contribution in [3.8, 4) is 0 Å². The van der Waals surface area contributed by atoms with Crippen molar-refractivity contribution in [2.75, 3.05) is 13.2 Å². The lowest BCUT2D eigenvalue weighted by molar-refractivity contribution is -0.138. The fourth-order valence-corrected chi connectivity index (χ4v) is 1.35. The van der Waals surface area contributed by atoms with Crippen molar-refractivity contribution in [1.29, 1.82) is 0 Å². The van der Waals surface area contributed by atoms with Crippen LogP contribution in [0.1, 0.15) is 40.0 Å². The molecule has 3 nitrogen and oxygen atoms in total. The second-order valence-corrected chi connectivity index (χ2v) is 3.20. The molecule has 1 N–H and O–H groups in total. The van der Waals surface area contributed by atoms with Crippen LogP contribution in [0.2, 0.25) is 0 Å². The molecule has 0 saturated carbocycles. The summed E-state index contributed by atoms with van der Waals surface area (Å²) < 4.78 is 4.92. The quantitative estimate of drug-likeness (QED) is 0.527. The third-order valence-electron chi connectivity index (χ3n) is 2.02. The van der Waals surface area contributed by atoms with Crippen LogP contribution >= 0.6 is 0 Å². The van der Waals surface area contributed by atoms with Gasteiger partial charge in [-0.2, -0.15) is 0 Å². The van der Waals surface area contributed by atoms with Gasteiger partial charge in [-0.25, -0.2) is 4.79 Å². The van der Waals surface area contributed by atoms with Gasteiger partial charge >= 0.3 is 5.97 Å². The zero-order valence-electron chi connectivity index (χ0n) is 9.30. The van der Waals surface area contributed by atoms with Crippen molar-refractivity contribution in [2.45, 2.75) is 40.0 Å². The topological polar surface area (TPSA) is 46.5 Å². The summed E-state index contributed by atoms with van der Waals surface area (Å²) in [7, 11) is 0. The number of allylic oxidation sites excluding steroid dienone is 1. The van der Waals surface area contributed by atoms with Crippen molar-refractivity contribution in [3.05, 3.63) is 11.1 Å². The highest BCUT2D eigenvalue weighted by Gasteiger charge is 2.12. The third kappa shape index (κ3) is 4.42. The molecule has 0 atom stereocenters. The van der Waals surface area contributed by atoms with E-state index in [1.165, 1.54) is 0 Å². The van der Waals surface area contributed by atoms with Gasteiger partial charge in [0.25, 0.3) is 0 Å². The average Bonchev–Trinajstić information content (AvgIpc) is 2.14. The van der Waals surface area contributed by atoms with Gasteiger partial charge in [-0.1, -0.05) is 18.9 Å². The normalized spacial score (nSPS) is 12.3. The number of esters is 1. The number of aliphatic hydroxyl groups is 1. The molecule has 0 aromatic heterocycles. The molecule has 0 heterocycles. The second kappa shape index (κ2) is 7.56. The SMILES string of the molecule is CCC/C(C)=C(\CCO)C(=O)OCC. The van der Waals surface area contributed by atoms with Crippen LogP contribution in [0.3, 0.4) is 0 Å². The lowest BCUT2D eigenvalue weighted by Crippen LogP contribution is -2.11. The molecule has 0 rings (SSSR count). The summed E-state index contributed by atoms with van der Waals surface area (Å²) in [4.78, 5) is 11.5. The highest BCUT2D eigenvalue weighted by atomic mass is 16.5. The zero-order valence-corrected chi connectivity index (χ0v) is 9.30. The van der Waals surface area contributed by atoms with Crippen molar-refractivity contribution in [1.82, 2.24) is 0 Å². The van der Waals surface area contributed by atoms with E-state index in [0.717, 1.165) is 18.4 Å². The average molecular weight is 200 g/mol. The van der Waals surface area contributed by atoms with Crippen molar-refractivity contribution in [3.63, 3.8) is 0 Å². The Labute approximate surface area is 85.8 Å². The number of ether oxygens (including phenoxy) is 1. The minimum absolute atomic E-state index is 0.00476. The van der Waals surface area contributed by atoms with Crippen molar-refractivity contribution < 1.29 is 14.6 Å². The second-order valence-electron chi connectivity index (χ2n) is 3.20. The molecule has 0 bridgehead atoms. The maximum absolute atomic E-state index is 11.5. The molecule has 14 heavy (non-hydrogen) atoms. The highest BCUT2D eigenvalue weighted by Crippen LogP contribution is 2.15. The number of hydrogen-bond donors (Lipinski definition) is 1. The largest absolute Gasteiger partial charge is 0.463 e. The van der Waals surface area contributed by atoms with Crippen molar-refractivity contribution >= 4 is 5.97 Å². The number of aliphatic hydroxyl groups excluding tert-OH is 1. The van der Waals surface area contributed by atoms with Crippen LogP contribution < -0.4 is 0 Å². The molecule has 0 radical (unpaired) electrons. The van der Waals surface area contributed by atoms with Crippen LogP contribution in [-0.4, -0.2) is 24.3 Å². The van der Waals surface area contributed by atoms with E-state index in [-0.39, 0.29) is 12.6 Å². The maximum Gasteiger partial charge on any atom is 0.334 e. The lowest BCUT2D eigenvalue weighted by atomic mass is 10.0. The number of carbonyl (C=O) groups is 1. The van der Waals surface area contributed by atoms with E-state index in [4.69, 9.17) is 9.84 Å². The van der Waals surface area contributed by atoms with Crippen LogP contribution in [0.5, 0.6) is 0 Å². The first-order valence-corrected chi connectivity index (χ1v) is 5.13. The highest BCUT2D eigenvalue weighted by molar-refractivity contribution is 5.89. The molecular weight excluding hydrogens is 180 g/mol. The van der Waals surface area contributed by atoms with E-state index in [0.29, 0.717) is 18.6 Å². The van der Waals surface area contributed by atoms with E-state index < -0.39 is 0 Å². The number of rotatable bonds is 6. The van der Waals surface area contributed by atoms with Crippen LogP contribution in [0.25, 0.3) is 0 Å². The van der Waals surface area contributed by atoms with Gasteiger partial charge in [-0.3, -0.25) is 0 Å². The van der Waals surface area contributed by atoms with E-state index in [1.54, 1.807) is 6.92 Å². The fourth-order valence-electron chi connectivity index (χ4n) is 1.35. The molecule has 0 unspecified atom stereocenters. The fraction of sp³-hybridized carbons (Fsp3) is 0.727. The molecule has 3 heteroatoms. The van der Waals surface area contributed by atoms with Gasteiger partial charge < -0.3 is 9.84 Å². The first-order chi connectivity index (χ1) is 6.67. The Bertz CT molecular complexity index is 207. The van der Waals surface area contributed by atoms with Gasteiger partial charge in [0, 0.05) is 18.6 Å². The molecule has 0 aliphatic heterocycles. The Kier molecular flexibility index (Phi) is 7.11. The Morgan fingerprint density at radius 2 is 1.93 bits per heavy atom. The van der Waals surface area contributed by atoms with E-state index >= 15 is 0 Å². The molecule has 0 amide bonds. The van der Waals surface area contributed by atoms with Gasteiger partial charge in [0.15, 0.2) is 0 Å². The molecule has 0 aromatic rings. The van der Waals surface area contributed by atoms with Crippen LogP contribution in [-0.2, 0) is 9.53 Å². The molecule has 0 aliphatic carbocycles. The minimum Gasteiger partial charge on any atom is -0.463 e. The molecule has 0 aromatic carbocycles. The number of carbonyl (C=O) groups excluding carboxylic acids is 1. The molecule has 0 saturated heterocycles. The Morgan fingerprint density at radius 3 is 2.36 bits per heavy atom. The standard InChI is InChI=1S/C11H20O3/c1-4-6-9(3)10(7-8-12)11(13)14-5-2/h12H,4-8H2,1-3H3/b10-9+. The molecule has 0 spiro atoms.